The molecule has 42 heavy (non-hydrogen) atoms. The van der Waals surface area contributed by atoms with Crippen LogP contribution in [0.15, 0.2) is 128 Å². The molecule has 8 aromatic rings. The van der Waals surface area contributed by atoms with Gasteiger partial charge < -0.3 is 8.83 Å². The van der Waals surface area contributed by atoms with Crippen LogP contribution in [0.5, 0.6) is 0 Å². The molecule has 2 aromatic heterocycles. The lowest BCUT2D eigenvalue weighted by molar-refractivity contribution is 0.562. The van der Waals surface area contributed by atoms with Gasteiger partial charge >= 0.3 is 11.3 Å². The topological polar surface area (TPSA) is 60.4 Å². The summed E-state index contributed by atoms with van der Waals surface area (Å²) in [5, 5.41) is 8.07. The number of rotatable bonds is 2. The Labute approximate surface area is 240 Å². The molecule has 4 heteroatoms. The quantitative estimate of drug-likeness (QED) is 0.161. The molecule has 0 radical (unpaired) electrons. The third-order valence-electron chi connectivity index (χ3n) is 8.51. The predicted octanol–water partition coefficient (Wildman–Crippen LogP) is 9.31. The van der Waals surface area contributed by atoms with Crippen LogP contribution in [-0.4, -0.2) is 0 Å². The lowest BCUT2D eigenvalue weighted by atomic mass is 9.92. The fraction of sp³-hybridized carbons (Fsp3) is 0.0526. The van der Waals surface area contributed by atoms with E-state index in [0.717, 1.165) is 65.3 Å². The molecule has 0 aliphatic rings. The van der Waals surface area contributed by atoms with E-state index in [1.165, 1.54) is 0 Å². The van der Waals surface area contributed by atoms with Gasteiger partial charge in [-0.3, -0.25) is 0 Å². The molecule has 0 fully saturated rings. The van der Waals surface area contributed by atoms with E-state index in [1.54, 1.807) is 0 Å². The van der Waals surface area contributed by atoms with Gasteiger partial charge in [-0.1, -0.05) is 84.9 Å². The zero-order valence-electron chi connectivity index (χ0n) is 23.0. The summed E-state index contributed by atoms with van der Waals surface area (Å²) in [7, 11) is 0. The van der Waals surface area contributed by atoms with Gasteiger partial charge in [0.2, 0.25) is 0 Å². The minimum absolute atomic E-state index is 0.372. The fourth-order valence-corrected chi connectivity index (χ4v) is 6.53. The van der Waals surface area contributed by atoms with Crippen molar-refractivity contribution in [2.24, 2.45) is 0 Å². The van der Waals surface area contributed by atoms with E-state index in [0.29, 0.717) is 22.3 Å². The Balaban J connectivity index is 1.35. The first-order valence-corrected chi connectivity index (χ1v) is 13.9. The van der Waals surface area contributed by atoms with Gasteiger partial charge in [0.1, 0.15) is 11.2 Å². The molecule has 0 unspecified atom stereocenters. The predicted molar refractivity (Wildman–Crippen MR) is 171 cm³/mol. The maximum Gasteiger partial charge on any atom is 0.344 e. The summed E-state index contributed by atoms with van der Waals surface area (Å²) in [6.07, 6.45) is 0. The van der Waals surface area contributed by atoms with Crippen LogP contribution in [0.3, 0.4) is 0 Å². The van der Waals surface area contributed by atoms with Crippen LogP contribution < -0.4 is 11.3 Å². The molecule has 2 heterocycles. The second kappa shape index (κ2) is 9.02. The molecule has 8 rings (SSSR count). The van der Waals surface area contributed by atoms with Gasteiger partial charge in [-0.05, 0) is 92.7 Å². The van der Waals surface area contributed by atoms with Crippen LogP contribution in [0.4, 0.5) is 0 Å². The number of hydrogen-bond acceptors (Lipinski definition) is 4. The standard InChI is InChI=1S/C38H24O4/c1-21-33(37(39)41-31-17-15-24-7-3-5-9-29(24)35(21)31)26-13-11-23-12-14-27(20-28(23)19-26)34-22(2)36-30-10-6-4-8-25(30)16-18-32(36)42-38(34)40/h3-20H,1-2H3. The number of hydrogen-bond donors (Lipinski definition) is 0. The van der Waals surface area contributed by atoms with Gasteiger partial charge in [-0.2, -0.15) is 0 Å². The Kier molecular flexibility index (Phi) is 5.22. The maximum atomic E-state index is 13.3. The highest BCUT2D eigenvalue weighted by Gasteiger charge is 2.18. The Bertz CT molecular complexity index is 2360. The molecule has 0 saturated carbocycles. The van der Waals surface area contributed by atoms with Crippen molar-refractivity contribution in [2.75, 3.05) is 0 Å². The molecule has 0 amide bonds. The van der Waals surface area contributed by atoms with Crippen molar-refractivity contribution in [2.45, 2.75) is 13.8 Å². The Morgan fingerprint density at radius 2 is 0.881 bits per heavy atom. The van der Waals surface area contributed by atoms with E-state index in [2.05, 4.69) is 24.3 Å². The van der Waals surface area contributed by atoms with Gasteiger partial charge in [0.25, 0.3) is 0 Å². The van der Waals surface area contributed by atoms with Gasteiger partial charge in [-0.15, -0.1) is 0 Å². The molecule has 4 nitrogen and oxygen atoms in total. The highest BCUT2D eigenvalue weighted by atomic mass is 16.4. The van der Waals surface area contributed by atoms with E-state index in [9.17, 15) is 9.59 Å². The van der Waals surface area contributed by atoms with Crippen LogP contribution in [-0.2, 0) is 0 Å². The Hall–Kier alpha value is -5.48. The zero-order chi connectivity index (χ0) is 28.5. The van der Waals surface area contributed by atoms with Gasteiger partial charge in [0, 0.05) is 10.8 Å². The van der Waals surface area contributed by atoms with Crippen molar-refractivity contribution in [1.82, 2.24) is 0 Å². The molecule has 6 aromatic carbocycles. The van der Waals surface area contributed by atoms with Crippen LogP contribution in [0.2, 0.25) is 0 Å². The lowest BCUT2D eigenvalue weighted by Crippen LogP contribution is -2.07. The van der Waals surface area contributed by atoms with Gasteiger partial charge in [0.15, 0.2) is 0 Å². The van der Waals surface area contributed by atoms with Crippen molar-refractivity contribution in [3.05, 3.63) is 141 Å². The maximum absolute atomic E-state index is 13.3. The molecule has 0 aliphatic heterocycles. The number of fused-ring (bicyclic) bond motifs is 7. The van der Waals surface area contributed by atoms with Gasteiger partial charge in [-0.25, -0.2) is 9.59 Å². The molecule has 0 bridgehead atoms. The number of aryl methyl sites for hydroxylation is 2. The van der Waals surface area contributed by atoms with Crippen LogP contribution in [0.25, 0.3) is 76.5 Å². The smallest absolute Gasteiger partial charge is 0.344 e. The van der Waals surface area contributed by atoms with Crippen molar-refractivity contribution in [3.8, 4) is 22.3 Å². The van der Waals surface area contributed by atoms with E-state index in [-0.39, 0.29) is 11.3 Å². The first-order valence-electron chi connectivity index (χ1n) is 13.9. The molecule has 0 saturated heterocycles. The average molecular weight is 545 g/mol. The third-order valence-corrected chi connectivity index (χ3v) is 8.51. The first-order chi connectivity index (χ1) is 20.5. The Morgan fingerprint density at radius 1 is 0.452 bits per heavy atom. The normalized spacial score (nSPS) is 11.8. The van der Waals surface area contributed by atoms with Crippen molar-refractivity contribution < 1.29 is 8.83 Å². The molecular weight excluding hydrogens is 520 g/mol. The van der Waals surface area contributed by atoms with Crippen molar-refractivity contribution >= 4 is 54.3 Å². The lowest BCUT2D eigenvalue weighted by Gasteiger charge is -2.13. The highest BCUT2D eigenvalue weighted by Crippen LogP contribution is 2.36. The molecule has 0 atom stereocenters. The number of benzene rings is 6. The summed E-state index contributed by atoms with van der Waals surface area (Å²) in [6.45, 7) is 3.96. The first kappa shape index (κ1) is 24.3. The van der Waals surface area contributed by atoms with Crippen LogP contribution >= 0.6 is 0 Å². The monoisotopic (exact) mass is 544 g/mol. The summed E-state index contributed by atoms with van der Waals surface area (Å²) in [5.41, 5.74) is 4.80. The average Bonchev–Trinajstić information content (AvgIpc) is 3.00. The largest absolute Gasteiger partial charge is 0.422 e. The minimum Gasteiger partial charge on any atom is -0.422 e. The third kappa shape index (κ3) is 3.55. The SMILES string of the molecule is Cc1c(-c2ccc3ccc(-c4c(C)c5c(ccc6ccccc65)oc4=O)cc3c2)c(=O)oc2ccc3ccccc3c12. The summed E-state index contributed by atoms with van der Waals surface area (Å²) in [6, 6.07) is 35.9. The molecule has 0 spiro atoms. The summed E-state index contributed by atoms with van der Waals surface area (Å²) >= 11 is 0. The summed E-state index contributed by atoms with van der Waals surface area (Å²) in [4.78, 5) is 26.6. The second-order valence-electron chi connectivity index (χ2n) is 10.9. The summed E-state index contributed by atoms with van der Waals surface area (Å²) < 4.78 is 11.7. The van der Waals surface area contributed by atoms with E-state index in [1.807, 2.05) is 98.8 Å². The van der Waals surface area contributed by atoms with Crippen molar-refractivity contribution in [3.63, 3.8) is 0 Å². The summed E-state index contributed by atoms with van der Waals surface area (Å²) in [5.74, 6) is 0. The van der Waals surface area contributed by atoms with E-state index in [4.69, 9.17) is 8.83 Å². The molecule has 200 valence electrons. The fourth-order valence-electron chi connectivity index (χ4n) is 6.53. The van der Waals surface area contributed by atoms with Crippen LogP contribution in [0.1, 0.15) is 11.1 Å². The Morgan fingerprint density at radius 3 is 1.36 bits per heavy atom. The molecular formula is C38H24O4. The van der Waals surface area contributed by atoms with E-state index < -0.39 is 0 Å². The zero-order valence-corrected chi connectivity index (χ0v) is 23.0. The van der Waals surface area contributed by atoms with Crippen molar-refractivity contribution in [1.29, 1.82) is 0 Å². The molecule has 0 N–H and O–H groups in total. The van der Waals surface area contributed by atoms with E-state index >= 15 is 0 Å². The minimum atomic E-state index is -0.372. The van der Waals surface area contributed by atoms with Gasteiger partial charge in [0.05, 0.1) is 11.1 Å². The second-order valence-corrected chi connectivity index (χ2v) is 10.9. The molecule has 0 aliphatic carbocycles. The highest BCUT2D eigenvalue weighted by molar-refractivity contribution is 6.10. The van der Waals surface area contributed by atoms with Crippen LogP contribution in [0, 0.1) is 13.8 Å².